The molecule has 0 heterocycles. The van der Waals surface area contributed by atoms with Crippen LogP contribution in [0.1, 0.15) is 82.9 Å². The topological polar surface area (TPSA) is 131 Å². The quantitative estimate of drug-likeness (QED) is 0.302. The Hall–Kier alpha value is -3.80. The molecular formula is C29H40N4O5. The Morgan fingerprint density at radius 1 is 1.21 bits per heavy atom. The Morgan fingerprint density at radius 3 is 2.45 bits per heavy atom. The Kier molecular flexibility index (Phi) is 11.4. The van der Waals surface area contributed by atoms with E-state index in [9.17, 15) is 19.2 Å². The molecule has 0 bridgehead atoms. The lowest BCUT2D eigenvalue weighted by molar-refractivity contribution is -0.142. The number of alkyl carbamates (subject to hydrolysis) is 1. The maximum absolute atomic E-state index is 14.0. The van der Waals surface area contributed by atoms with Gasteiger partial charge in [-0.05, 0) is 51.7 Å². The molecule has 38 heavy (non-hydrogen) atoms. The molecule has 1 aliphatic rings. The lowest BCUT2D eigenvalue weighted by Crippen LogP contribution is -2.54. The number of carbonyl (C=O) groups is 4. The molecule has 0 aromatic heterocycles. The van der Waals surface area contributed by atoms with E-state index in [4.69, 9.17) is 16.9 Å². The third kappa shape index (κ3) is 9.25. The SMILES string of the molecule is C#Cc1ccccc1C(C(=O)NC1CCCCC1)N(CC=C)C(=O)C(CCC(N)=O)NC(=O)OC(C)(C)C. The molecule has 9 nitrogen and oxygen atoms in total. The molecule has 1 fully saturated rings. The standard InChI is InChI=1S/C29H40N4O5/c1-6-19-33(27(36)23(17-18-24(30)34)32-28(37)38-29(3,4)5)25(22-16-12-11-13-20(22)7-2)26(35)31-21-14-9-8-10-15-21/h2,6,11-13,16,21,23,25H,1,8-10,14-15,17-19H2,3-5H3,(H2,30,34)(H,31,35)(H,32,37). The molecule has 206 valence electrons. The van der Waals surface area contributed by atoms with Crippen LogP contribution in [0.25, 0.3) is 0 Å². The minimum Gasteiger partial charge on any atom is -0.444 e. The van der Waals surface area contributed by atoms with E-state index >= 15 is 0 Å². The van der Waals surface area contributed by atoms with Crippen LogP contribution in [0.4, 0.5) is 4.79 Å². The van der Waals surface area contributed by atoms with E-state index in [0.717, 1.165) is 32.1 Å². The number of ether oxygens (including phenoxy) is 1. The van der Waals surface area contributed by atoms with Crippen molar-refractivity contribution in [1.82, 2.24) is 15.5 Å². The molecule has 2 rings (SSSR count). The molecule has 0 aliphatic heterocycles. The summed E-state index contributed by atoms with van der Waals surface area (Å²) in [6.45, 7) is 8.84. The van der Waals surface area contributed by atoms with Gasteiger partial charge >= 0.3 is 6.09 Å². The average Bonchev–Trinajstić information content (AvgIpc) is 2.85. The Bertz CT molecular complexity index is 1050. The molecule has 4 amide bonds. The van der Waals surface area contributed by atoms with Crippen molar-refractivity contribution in [3.05, 3.63) is 48.0 Å². The summed E-state index contributed by atoms with van der Waals surface area (Å²) in [4.78, 5) is 53.3. The Balaban J connectivity index is 2.49. The fourth-order valence-corrected chi connectivity index (χ4v) is 4.50. The summed E-state index contributed by atoms with van der Waals surface area (Å²) in [6, 6.07) is 4.64. The molecule has 0 spiro atoms. The minimum absolute atomic E-state index is 0.0104. The second kappa shape index (κ2) is 14.2. The van der Waals surface area contributed by atoms with Crippen LogP contribution in [0.5, 0.6) is 0 Å². The van der Waals surface area contributed by atoms with E-state index in [1.165, 1.54) is 11.0 Å². The molecular weight excluding hydrogens is 484 g/mol. The van der Waals surface area contributed by atoms with Gasteiger partial charge in [-0.3, -0.25) is 14.4 Å². The van der Waals surface area contributed by atoms with E-state index in [2.05, 4.69) is 23.1 Å². The summed E-state index contributed by atoms with van der Waals surface area (Å²) in [5.74, 6) is 1.01. The van der Waals surface area contributed by atoms with Crippen LogP contribution in [-0.4, -0.2) is 52.9 Å². The fourth-order valence-electron chi connectivity index (χ4n) is 4.50. The van der Waals surface area contributed by atoms with Crippen LogP contribution >= 0.6 is 0 Å². The number of nitrogens with two attached hydrogens (primary N) is 1. The van der Waals surface area contributed by atoms with Gasteiger partial charge in [-0.25, -0.2) is 4.79 Å². The van der Waals surface area contributed by atoms with Crippen LogP contribution in [-0.2, 0) is 19.1 Å². The van der Waals surface area contributed by atoms with Crippen molar-refractivity contribution in [1.29, 1.82) is 0 Å². The highest BCUT2D eigenvalue weighted by Gasteiger charge is 2.37. The predicted molar refractivity (Wildman–Crippen MR) is 146 cm³/mol. The van der Waals surface area contributed by atoms with Crippen molar-refractivity contribution in [2.45, 2.75) is 89.4 Å². The summed E-state index contributed by atoms with van der Waals surface area (Å²) < 4.78 is 5.33. The zero-order valence-electron chi connectivity index (χ0n) is 22.6. The first kappa shape index (κ1) is 30.4. The molecule has 0 radical (unpaired) electrons. The van der Waals surface area contributed by atoms with Crippen LogP contribution < -0.4 is 16.4 Å². The second-order valence-corrected chi connectivity index (χ2v) is 10.5. The predicted octanol–water partition coefficient (Wildman–Crippen LogP) is 3.33. The number of hydrogen-bond acceptors (Lipinski definition) is 5. The highest BCUT2D eigenvalue weighted by molar-refractivity contribution is 5.93. The highest BCUT2D eigenvalue weighted by Crippen LogP contribution is 2.27. The van der Waals surface area contributed by atoms with Crippen LogP contribution in [0.2, 0.25) is 0 Å². The zero-order chi connectivity index (χ0) is 28.3. The molecule has 2 unspecified atom stereocenters. The summed E-state index contributed by atoms with van der Waals surface area (Å²) in [7, 11) is 0. The molecule has 0 saturated heterocycles. The smallest absolute Gasteiger partial charge is 0.408 e. The van der Waals surface area contributed by atoms with Gasteiger partial charge in [0.15, 0.2) is 0 Å². The van der Waals surface area contributed by atoms with Gasteiger partial charge in [0.25, 0.3) is 0 Å². The van der Waals surface area contributed by atoms with E-state index in [0.29, 0.717) is 11.1 Å². The number of rotatable bonds is 11. The third-order valence-corrected chi connectivity index (χ3v) is 6.20. The molecule has 2 atom stereocenters. The van der Waals surface area contributed by atoms with Crippen molar-refractivity contribution < 1.29 is 23.9 Å². The molecule has 9 heteroatoms. The number of nitrogens with one attached hydrogen (secondary N) is 2. The summed E-state index contributed by atoms with van der Waals surface area (Å²) in [5, 5.41) is 5.66. The number of amides is 4. The monoisotopic (exact) mass is 524 g/mol. The number of nitrogens with zero attached hydrogens (tertiary/aromatic N) is 1. The first-order valence-corrected chi connectivity index (χ1v) is 13.0. The van der Waals surface area contributed by atoms with Gasteiger partial charge in [-0.15, -0.1) is 13.0 Å². The molecule has 1 saturated carbocycles. The van der Waals surface area contributed by atoms with Crippen LogP contribution in [0.15, 0.2) is 36.9 Å². The minimum atomic E-state index is -1.18. The van der Waals surface area contributed by atoms with Crippen molar-refractivity contribution in [2.24, 2.45) is 5.73 Å². The second-order valence-electron chi connectivity index (χ2n) is 10.5. The first-order valence-electron chi connectivity index (χ1n) is 13.0. The lowest BCUT2D eigenvalue weighted by Gasteiger charge is -2.35. The summed E-state index contributed by atoms with van der Waals surface area (Å²) in [6.07, 6.45) is 11.0. The van der Waals surface area contributed by atoms with Gasteiger partial charge in [-0.2, -0.15) is 0 Å². The van der Waals surface area contributed by atoms with E-state index < -0.39 is 35.6 Å². The molecule has 1 aromatic carbocycles. The van der Waals surface area contributed by atoms with Crippen LogP contribution in [0.3, 0.4) is 0 Å². The van der Waals surface area contributed by atoms with Gasteiger partial charge in [-0.1, -0.05) is 49.5 Å². The molecule has 4 N–H and O–H groups in total. The Labute approximate surface area is 225 Å². The van der Waals surface area contributed by atoms with Gasteiger partial charge in [0.05, 0.1) is 0 Å². The molecule has 1 aliphatic carbocycles. The van der Waals surface area contributed by atoms with Gasteiger partial charge < -0.3 is 26.0 Å². The summed E-state index contributed by atoms with van der Waals surface area (Å²) >= 11 is 0. The number of primary amides is 1. The van der Waals surface area contributed by atoms with Crippen molar-refractivity contribution in [3.8, 4) is 12.3 Å². The first-order chi connectivity index (χ1) is 18.0. The number of carbonyl (C=O) groups excluding carboxylic acids is 4. The summed E-state index contributed by atoms with van der Waals surface area (Å²) in [5.41, 5.74) is 5.47. The maximum Gasteiger partial charge on any atom is 0.408 e. The van der Waals surface area contributed by atoms with E-state index in [1.54, 1.807) is 45.0 Å². The van der Waals surface area contributed by atoms with E-state index in [-0.39, 0.29) is 31.3 Å². The van der Waals surface area contributed by atoms with Crippen molar-refractivity contribution in [2.75, 3.05) is 6.54 Å². The fraction of sp³-hybridized carbons (Fsp3) is 0.517. The number of hydrogen-bond donors (Lipinski definition) is 3. The van der Waals surface area contributed by atoms with Crippen LogP contribution in [0, 0.1) is 12.3 Å². The largest absolute Gasteiger partial charge is 0.444 e. The van der Waals surface area contributed by atoms with E-state index in [1.807, 2.05) is 0 Å². The third-order valence-electron chi connectivity index (χ3n) is 6.20. The number of terminal acetylenes is 1. The highest BCUT2D eigenvalue weighted by atomic mass is 16.6. The van der Waals surface area contributed by atoms with Crippen molar-refractivity contribution in [3.63, 3.8) is 0 Å². The maximum atomic E-state index is 14.0. The Morgan fingerprint density at radius 2 is 1.87 bits per heavy atom. The van der Waals surface area contributed by atoms with Gasteiger partial charge in [0, 0.05) is 24.6 Å². The molecule has 1 aromatic rings. The van der Waals surface area contributed by atoms with Gasteiger partial charge in [0.2, 0.25) is 17.7 Å². The average molecular weight is 525 g/mol. The zero-order valence-corrected chi connectivity index (χ0v) is 22.6. The van der Waals surface area contributed by atoms with Gasteiger partial charge in [0.1, 0.15) is 17.7 Å². The normalized spacial score (nSPS) is 15.3. The lowest BCUT2D eigenvalue weighted by atomic mass is 9.93. The van der Waals surface area contributed by atoms with Crippen molar-refractivity contribution >= 4 is 23.8 Å². The number of benzene rings is 1.